The number of benzene rings is 8. The summed E-state index contributed by atoms with van der Waals surface area (Å²) in [6.45, 7) is -5.29. The van der Waals surface area contributed by atoms with Crippen molar-refractivity contribution in [3.8, 4) is 44.8 Å². The molecule has 2 heteroatoms. The first-order chi connectivity index (χ1) is 28.1. The molecule has 0 aliphatic heterocycles. The van der Waals surface area contributed by atoms with Crippen molar-refractivity contribution < 1.29 is 8.22 Å². The fraction of sp³-hybridized carbons (Fsp3) is 0.0400. The number of rotatable bonds is 5. The molecule has 0 bridgehead atoms. The molecule has 0 radical (unpaired) electrons. The smallest absolute Gasteiger partial charge is 0.0580 e. The van der Waals surface area contributed by atoms with Crippen molar-refractivity contribution in [2.75, 3.05) is 0 Å². The summed E-state index contributed by atoms with van der Waals surface area (Å²) in [4.78, 5) is 0. The molecule has 10 rings (SSSR count). The van der Waals surface area contributed by atoms with Gasteiger partial charge in [0.2, 0.25) is 0 Å². The number of nitrogens with zero attached hydrogens (tertiary/aromatic N) is 2. The molecule has 2 aromatic heterocycles. The van der Waals surface area contributed by atoms with Crippen LogP contribution in [0.4, 0.5) is 0 Å². The number of fused-ring (bicyclic) bond motifs is 6. The molecular weight excluding hydrogens is 629 g/mol. The van der Waals surface area contributed by atoms with Gasteiger partial charge in [0.25, 0.3) is 0 Å². The molecule has 0 saturated heterocycles. The van der Waals surface area contributed by atoms with E-state index in [0.717, 1.165) is 50.3 Å². The average Bonchev–Trinajstić information content (AvgIpc) is 3.76. The molecule has 0 fully saturated rings. The third-order valence-electron chi connectivity index (χ3n) is 10.3. The molecule has 0 aliphatic rings. The Hall–Kier alpha value is -6.64. The highest BCUT2D eigenvalue weighted by Gasteiger charge is 2.24. The van der Waals surface area contributed by atoms with Gasteiger partial charge in [-0.1, -0.05) is 140 Å². The van der Waals surface area contributed by atoms with Crippen molar-refractivity contribution in [1.82, 2.24) is 9.13 Å². The number of para-hydroxylation sites is 2. The van der Waals surface area contributed by atoms with Gasteiger partial charge in [-0.3, -0.25) is 0 Å². The van der Waals surface area contributed by atoms with Gasteiger partial charge in [0, 0.05) is 41.1 Å². The van der Waals surface area contributed by atoms with Crippen molar-refractivity contribution in [1.29, 1.82) is 0 Å². The minimum atomic E-state index is -2.65. The second-order valence-corrected chi connectivity index (χ2v) is 13.3. The van der Waals surface area contributed by atoms with Gasteiger partial charge < -0.3 is 9.13 Å². The Balaban J connectivity index is 1.40. The van der Waals surface area contributed by atoms with Gasteiger partial charge in [0.1, 0.15) is 0 Å². The first kappa shape index (κ1) is 24.5. The zero-order valence-corrected chi connectivity index (χ0v) is 28.2. The monoisotopic (exact) mass is 670 g/mol. The summed E-state index contributed by atoms with van der Waals surface area (Å²) < 4.78 is 59.8. The topological polar surface area (TPSA) is 9.86 Å². The predicted octanol–water partition coefficient (Wildman–Crippen LogP) is 13.5. The molecule has 8 aromatic carbocycles. The van der Waals surface area contributed by atoms with Gasteiger partial charge in [-0.2, -0.15) is 0 Å². The highest BCUT2D eigenvalue weighted by Crippen LogP contribution is 2.45. The Kier molecular flexibility index (Phi) is 5.65. The molecule has 2 heterocycles. The van der Waals surface area contributed by atoms with E-state index in [4.69, 9.17) is 0 Å². The summed E-state index contributed by atoms with van der Waals surface area (Å²) in [6, 6.07) is 60.0. The van der Waals surface area contributed by atoms with Crippen LogP contribution >= 0.6 is 0 Å². The van der Waals surface area contributed by atoms with E-state index in [1.807, 2.05) is 137 Å². The maximum Gasteiger partial charge on any atom is 0.0580 e. The minimum Gasteiger partial charge on any atom is -0.309 e. The lowest BCUT2D eigenvalue weighted by molar-refractivity contribution is 1.16. The van der Waals surface area contributed by atoms with E-state index in [2.05, 4.69) is 54.6 Å². The molecule has 0 saturated carbocycles. The number of aryl methyl sites for hydroxylation is 2. The van der Waals surface area contributed by atoms with E-state index in [-0.39, 0.29) is 11.1 Å². The van der Waals surface area contributed by atoms with Crippen molar-refractivity contribution in [3.05, 3.63) is 193 Å². The van der Waals surface area contributed by atoms with Gasteiger partial charge >= 0.3 is 0 Å². The average molecular weight is 671 g/mol. The summed E-state index contributed by atoms with van der Waals surface area (Å²) in [5.41, 5.74) is 9.86. The van der Waals surface area contributed by atoms with Gasteiger partial charge in [0.05, 0.1) is 22.1 Å². The summed E-state index contributed by atoms with van der Waals surface area (Å²) in [6.07, 6.45) is 0. The van der Waals surface area contributed by atoms with Crippen LogP contribution in [-0.4, -0.2) is 9.13 Å². The summed E-state index contributed by atoms with van der Waals surface area (Å²) >= 11 is 0. The van der Waals surface area contributed by atoms with Crippen LogP contribution in [0.2, 0.25) is 0 Å². The summed E-state index contributed by atoms with van der Waals surface area (Å²) in [5, 5.41) is 2.15. The van der Waals surface area contributed by atoms with E-state index < -0.39 is 13.7 Å². The lowest BCUT2D eigenvalue weighted by Crippen LogP contribution is -1.99. The van der Waals surface area contributed by atoms with Crippen molar-refractivity contribution in [2.45, 2.75) is 13.7 Å². The van der Waals surface area contributed by atoms with Crippen molar-refractivity contribution in [3.63, 3.8) is 0 Å². The van der Waals surface area contributed by atoms with E-state index in [1.54, 1.807) is 0 Å². The second kappa shape index (κ2) is 12.0. The normalized spacial score (nSPS) is 13.8. The molecule has 0 unspecified atom stereocenters. The lowest BCUT2D eigenvalue weighted by atomic mass is 9.97. The lowest BCUT2D eigenvalue weighted by Gasteiger charge is -2.16. The Morgan fingerprint density at radius 3 is 1.19 bits per heavy atom. The van der Waals surface area contributed by atoms with E-state index >= 15 is 0 Å². The molecule has 246 valence electrons. The quantitative estimate of drug-likeness (QED) is 0.172. The second-order valence-electron chi connectivity index (χ2n) is 13.3. The van der Waals surface area contributed by atoms with E-state index in [0.29, 0.717) is 38.1 Å². The molecule has 2 nitrogen and oxygen atoms in total. The highest BCUT2D eigenvalue weighted by molar-refractivity contribution is 6.23. The highest BCUT2D eigenvalue weighted by atomic mass is 15.0. The fourth-order valence-corrected chi connectivity index (χ4v) is 8.00. The van der Waals surface area contributed by atoms with Crippen LogP contribution in [0.15, 0.2) is 182 Å². The molecule has 0 spiro atoms. The van der Waals surface area contributed by atoms with E-state index in [1.165, 1.54) is 0 Å². The van der Waals surface area contributed by atoms with Gasteiger partial charge in [-0.25, -0.2) is 0 Å². The van der Waals surface area contributed by atoms with Crippen LogP contribution in [-0.2, 0) is 0 Å². The number of hydrogen-bond donors (Lipinski definition) is 0. The number of aromatic nitrogens is 2. The first-order valence-corrected chi connectivity index (χ1v) is 17.5. The zero-order chi connectivity index (χ0) is 39.8. The van der Waals surface area contributed by atoms with Crippen LogP contribution in [0.3, 0.4) is 0 Å². The third-order valence-corrected chi connectivity index (χ3v) is 10.3. The number of hydrogen-bond acceptors (Lipinski definition) is 0. The zero-order valence-electron chi connectivity index (χ0n) is 34.2. The van der Waals surface area contributed by atoms with E-state index in [9.17, 15) is 8.22 Å². The minimum absolute atomic E-state index is 0.115. The molecule has 52 heavy (non-hydrogen) atoms. The summed E-state index contributed by atoms with van der Waals surface area (Å²) in [5.74, 6) is 0. The Morgan fingerprint density at radius 1 is 0.346 bits per heavy atom. The first-order valence-electron chi connectivity index (χ1n) is 20.5. The van der Waals surface area contributed by atoms with Crippen LogP contribution in [0.1, 0.15) is 19.4 Å². The maximum atomic E-state index is 9.33. The standard InChI is InChI=1S/C50H36N2/c1-33-48-44-23-13-15-25-46(44)52(42-31-39(36-18-8-4-9-19-36)30-40(32-42)37-20-10-5-11-21-37)50(48)34(2)47-43-22-12-14-24-45(43)51(49(33)47)41-28-26-38(27-29-41)35-16-6-3-7-17-35/h3-32H,1-2H3/i1D3,2D3. The predicted molar refractivity (Wildman–Crippen MR) is 221 cm³/mol. The Morgan fingerprint density at radius 2 is 0.731 bits per heavy atom. The van der Waals surface area contributed by atoms with Crippen LogP contribution in [0.5, 0.6) is 0 Å². The third kappa shape index (κ3) is 4.65. The molecule has 10 aromatic rings. The van der Waals surface area contributed by atoms with Crippen LogP contribution < -0.4 is 0 Å². The molecule has 0 aliphatic carbocycles. The molecule has 0 N–H and O–H groups in total. The molecule has 0 amide bonds. The van der Waals surface area contributed by atoms with Crippen LogP contribution in [0, 0.1) is 13.7 Å². The van der Waals surface area contributed by atoms with Gasteiger partial charge in [-0.05, 0) is 101 Å². The SMILES string of the molecule is [2H]C([2H])([2H])c1c2c3ccccc3n(-c3cc(-c4ccccc4)cc(-c4ccccc4)c3)c2c(C([2H])([2H])[2H])c2c3ccccc3n(-c3ccc(-c4ccccc4)cc3)c12. The molecular formula is C50H36N2. The Bertz CT molecular complexity index is 3100. The molecule has 0 atom stereocenters. The van der Waals surface area contributed by atoms with Crippen molar-refractivity contribution in [2.24, 2.45) is 0 Å². The fourth-order valence-electron chi connectivity index (χ4n) is 8.00. The Labute approximate surface area is 311 Å². The van der Waals surface area contributed by atoms with Gasteiger partial charge in [0.15, 0.2) is 0 Å². The largest absolute Gasteiger partial charge is 0.309 e. The maximum absolute atomic E-state index is 9.33. The van der Waals surface area contributed by atoms with Crippen molar-refractivity contribution >= 4 is 43.6 Å². The summed E-state index contributed by atoms with van der Waals surface area (Å²) in [7, 11) is 0. The van der Waals surface area contributed by atoms with Gasteiger partial charge in [-0.15, -0.1) is 0 Å². The van der Waals surface area contributed by atoms with Crippen LogP contribution in [0.25, 0.3) is 88.4 Å².